The zero-order valence-electron chi connectivity index (χ0n) is 11.5. The fraction of sp³-hybridized carbons (Fsp3) is 0.462. The largest absolute Gasteiger partial charge is 0.481 e. The minimum atomic E-state index is -1.36. The van der Waals surface area contributed by atoms with Gasteiger partial charge in [-0.25, -0.2) is 9.37 Å². The van der Waals surface area contributed by atoms with Crippen molar-refractivity contribution < 1.29 is 23.5 Å². The molecule has 0 fully saturated rings. The monoisotopic (exact) mass is 286 g/mol. The summed E-state index contributed by atoms with van der Waals surface area (Å²) in [6, 6.07) is 1.07. The Hall–Kier alpha value is -2.05. The van der Waals surface area contributed by atoms with Crippen molar-refractivity contribution in [1.82, 2.24) is 9.88 Å². The summed E-state index contributed by atoms with van der Waals surface area (Å²) in [5, 5.41) is 8.70. The lowest BCUT2D eigenvalue weighted by Crippen LogP contribution is -2.47. The first-order valence-corrected chi connectivity index (χ1v) is 5.98. The maximum Gasteiger partial charge on any atom is 0.305 e. The van der Waals surface area contributed by atoms with Crippen LogP contribution >= 0.6 is 0 Å². The Morgan fingerprint density at radius 1 is 1.35 bits per heavy atom. The normalized spacial score (nSPS) is 11.2. The molecular weight excluding hydrogens is 270 g/mol. The minimum Gasteiger partial charge on any atom is -0.481 e. The highest BCUT2D eigenvalue weighted by Gasteiger charge is 2.30. The second-order valence-electron chi connectivity index (χ2n) is 5.23. The van der Waals surface area contributed by atoms with Crippen molar-refractivity contribution in [3.8, 4) is 0 Å². The molecule has 0 atom stereocenters. The number of nitrogens with zero attached hydrogens (tertiary/aromatic N) is 2. The minimum absolute atomic E-state index is 0.0962. The standard InChI is InChI=1S/C13H16F2N2O3/c1-13(2,3)17(7-5-9(18)19)12(20)8-4-6-16-11(15)10(8)14/h4,6H,5,7H2,1-3H3,(H,18,19). The van der Waals surface area contributed by atoms with Crippen LogP contribution in [0, 0.1) is 11.8 Å². The van der Waals surface area contributed by atoms with Crippen LogP contribution in [0.3, 0.4) is 0 Å². The molecule has 0 aliphatic heterocycles. The van der Waals surface area contributed by atoms with Gasteiger partial charge in [-0.2, -0.15) is 4.39 Å². The molecule has 1 aromatic rings. The maximum atomic E-state index is 13.6. The first-order chi connectivity index (χ1) is 9.14. The Balaban J connectivity index is 3.10. The quantitative estimate of drug-likeness (QED) is 0.860. The van der Waals surface area contributed by atoms with E-state index < -0.39 is 34.7 Å². The van der Waals surface area contributed by atoms with Gasteiger partial charge in [0.05, 0.1) is 12.0 Å². The molecule has 0 spiro atoms. The summed E-state index contributed by atoms with van der Waals surface area (Å²) in [6.45, 7) is 4.95. The van der Waals surface area contributed by atoms with Gasteiger partial charge in [0, 0.05) is 18.3 Å². The van der Waals surface area contributed by atoms with Gasteiger partial charge in [0.25, 0.3) is 5.91 Å². The molecule has 0 bridgehead atoms. The number of carbonyl (C=O) groups is 2. The van der Waals surface area contributed by atoms with E-state index in [4.69, 9.17) is 5.11 Å². The van der Waals surface area contributed by atoms with E-state index in [2.05, 4.69) is 4.98 Å². The molecule has 20 heavy (non-hydrogen) atoms. The number of rotatable bonds is 4. The average molecular weight is 286 g/mol. The van der Waals surface area contributed by atoms with Gasteiger partial charge in [-0.15, -0.1) is 0 Å². The van der Waals surface area contributed by atoms with E-state index in [1.807, 2.05) is 0 Å². The van der Waals surface area contributed by atoms with E-state index in [-0.39, 0.29) is 13.0 Å². The van der Waals surface area contributed by atoms with Crippen LogP contribution in [0.15, 0.2) is 12.3 Å². The summed E-state index contributed by atoms with van der Waals surface area (Å²) in [5.41, 5.74) is -1.18. The van der Waals surface area contributed by atoms with Gasteiger partial charge < -0.3 is 10.0 Å². The Morgan fingerprint density at radius 2 is 1.95 bits per heavy atom. The van der Waals surface area contributed by atoms with E-state index in [1.165, 1.54) is 4.90 Å². The summed E-state index contributed by atoms with van der Waals surface area (Å²) in [6.07, 6.45) is 0.710. The molecule has 1 rings (SSSR count). The van der Waals surface area contributed by atoms with Crippen LogP contribution in [0.4, 0.5) is 8.78 Å². The Morgan fingerprint density at radius 3 is 2.45 bits per heavy atom. The SMILES string of the molecule is CC(C)(C)N(CCC(=O)O)C(=O)c1ccnc(F)c1F. The predicted molar refractivity (Wildman–Crippen MR) is 67.2 cm³/mol. The van der Waals surface area contributed by atoms with Crippen molar-refractivity contribution in [1.29, 1.82) is 0 Å². The van der Waals surface area contributed by atoms with Crippen molar-refractivity contribution in [2.24, 2.45) is 0 Å². The van der Waals surface area contributed by atoms with Crippen LogP contribution < -0.4 is 0 Å². The maximum absolute atomic E-state index is 13.6. The molecule has 0 unspecified atom stereocenters. The van der Waals surface area contributed by atoms with Crippen LogP contribution in [0.25, 0.3) is 0 Å². The van der Waals surface area contributed by atoms with Gasteiger partial charge >= 0.3 is 5.97 Å². The first-order valence-electron chi connectivity index (χ1n) is 5.98. The lowest BCUT2D eigenvalue weighted by molar-refractivity contribution is -0.137. The van der Waals surface area contributed by atoms with Crippen LogP contribution in [0.2, 0.25) is 0 Å². The topological polar surface area (TPSA) is 70.5 Å². The van der Waals surface area contributed by atoms with Crippen molar-refractivity contribution in [3.63, 3.8) is 0 Å². The number of aliphatic carboxylic acids is 1. The molecule has 1 amide bonds. The second kappa shape index (κ2) is 5.94. The molecule has 0 saturated heterocycles. The number of carboxylic acids is 1. The van der Waals surface area contributed by atoms with Crippen LogP contribution in [-0.4, -0.2) is 39.0 Å². The zero-order valence-corrected chi connectivity index (χ0v) is 11.5. The fourth-order valence-corrected chi connectivity index (χ4v) is 1.68. The molecule has 0 radical (unpaired) electrons. The number of amides is 1. The van der Waals surface area contributed by atoms with Gasteiger partial charge in [0.15, 0.2) is 5.82 Å². The molecule has 5 nitrogen and oxygen atoms in total. The van der Waals surface area contributed by atoms with E-state index in [0.717, 1.165) is 12.3 Å². The molecule has 0 aliphatic rings. The highest BCUT2D eigenvalue weighted by Crippen LogP contribution is 2.20. The average Bonchev–Trinajstić information content (AvgIpc) is 2.30. The van der Waals surface area contributed by atoms with Crippen molar-refractivity contribution in [2.45, 2.75) is 32.7 Å². The zero-order chi connectivity index (χ0) is 15.5. The Bertz CT molecular complexity index is 527. The third-order valence-electron chi connectivity index (χ3n) is 2.68. The molecule has 1 heterocycles. The number of carboxylic acid groups (broad SMARTS) is 1. The number of hydrogen-bond donors (Lipinski definition) is 1. The molecule has 0 aliphatic carbocycles. The lowest BCUT2D eigenvalue weighted by Gasteiger charge is -2.35. The summed E-state index contributed by atoms with van der Waals surface area (Å²) in [7, 11) is 0. The Labute approximate surface area is 115 Å². The number of pyridine rings is 1. The summed E-state index contributed by atoms with van der Waals surface area (Å²) >= 11 is 0. The fourth-order valence-electron chi connectivity index (χ4n) is 1.68. The number of hydrogen-bond acceptors (Lipinski definition) is 3. The van der Waals surface area contributed by atoms with Crippen molar-refractivity contribution in [2.75, 3.05) is 6.54 Å². The molecule has 0 saturated carbocycles. The van der Waals surface area contributed by atoms with Gasteiger partial charge in [-0.1, -0.05) is 0 Å². The summed E-state index contributed by atoms with van der Waals surface area (Å²) < 4.78 is 26.7. The Kier molecular flexibility index (Phi) is 4.75. The molecule has 7 heteroatoms. The second-order valence-corrected chi connectivity index (χ2v) is 5.23. The van der Waals surface area contributed by atoms with Crippen LogP contribution in [0.5, 0.6) is 0 Å². The van der Waals surface area contributed by atoms with Gasteiger partial charge in [0.1, 0.15) is 0 Å². The van der Waals surface area contributed by atoms with E-state index >= 15 is 0 Å². The first kappa shape index (κ1) is 16.0. The van der Waals surface area contributed by atoms with Crippen molar-refractivity contribution in [3.05, 3.63) is 29.6 Å². The number of halogens is 2. The lowest BCUT2D eigenvalue weighted by atomic mass is 10.0. The molecule has 0 aromatic carbocycles. The number of carbonyl (C=O) groups excluding carboxylic acids is 1. The smallest absolute Gasteiger partial charge is 0.305 e. The summed E-state index contributed by atoms with van der Waals surface area (Å²) in [5.74, 6) is -4.53. The third kappa shape index (κ3) is 3.72. The van der Waals surface area contributed by atoms with E-state index in [0.29, 0.717) is 0 Å². The highest BCUT2D eigenvalue weighted by atomic mass is 19.2. The predicted octanol–water partition coefficient (Wildman–Crippen LogP) is 2.08. The summed E-state index contributed by atoms with van der Waals surface area (Å²) in [4.78, 5) is 27.2. The van der Waals surface area contributed by atoms with Gasteiger partial charge in [-0.05, 0) is 26.8 Å². The van der Waals surface area contributed by atoms with Gasteiger partial charge in [0.2, 0.25) is 5.95 Å². The van der Waals surface area contributed by atoms with E-state index in [9.17, 15) is 18.4 Å². The molecule has 110 valence electrons. The van der Waals surface area contributed by atoms with Crippen LogP contribution in [-0.2, 0) is 4.79 Å². The number of aromatic nitrogens is 1. The third-order valence-corrected chi connectivity index (χ3v) is 2.68. The molecule has 1 aromatic heterocycles. The highest BCUT2D eigenvalue weighted by molar-refractivity contribution is 5.95. The molecule has 1 N–H and O–H groups in total. The molecular formula is C13H16F2N2O3. The van der Waals surface area contributed by atoms with E-state index in [1.54, 1.807) is 20.8 Å². The van der Waals surface area contributed by atoms with Gasteiger partial charge in [-0.3, -0.25) is 9.59 Å². The van der Waals surface area contributed by atoms with Crippen LogP contribution in [0.1, 0.15) is 37.6 Å². The van der Waals surface area contributed by atoms with Crippen molar-refractivity contribution >= 4 is 11.9 Å².